The number of phosphoric ester groups is 1. The molecule has 1 rings (SSSR count). The van der Waals surface area contributed by atoms with E-state index >= 15 is 0 Å². The molecule has 0 fully saturated rings. The molecule has 0 aliphatic heterocycles. The summed E-state index contributed by atoms with van der Waals surface area (Å²) in [6, 6.07) is 0. The van der Waals surface area contributed by atoms with Gasteiger partial charge in [0.2, 0.25) is 0 Å². The summed E-state index contributed by atoms with van der Waals surface area (Å²) in [5.74, 6) is 0. The normalized spacial score (nSPS) is 36.0. The van der Waals surface area contributed by atoms with Gasteiger partial charge in [-0.3, -0.25) is 4.52 Å². The zero-order chi connectivity index (χ0) is 12.5. The predicted molar refractivity (Wildman–Crippen MR) is 50.1 cm³/mol. The van der Waals surface area contributed by atoms with Gasteiger partial charge in [0, 0.05) is 0 Å². The van der Waals surface area contributed by atoms with E-state index in [0.29, 0.717) is 0 Å². The van der Waals surface area contributed by atoms with E-state index in [4.69, 9.17) is 14.9 Å². The van der Waals surface area contributed by atoms with Gasteiger partial charge in [0.25, 0.3) is 0 Å². The van der Waals surface area contributed by atoms with Gasteiger partial charge in [0.1, 0.15) is 24.4 Å². The lowest BCUT2D eigenvalue weighted by atomic mass is 9.90. The minimum Gasteiger partial charge on any atom is -0.387 e. The Labute approximate surface area is 90.7 Å². The maximum atomic E-state index is 10.4. The van der Waals surface area contributed by atoms with Crippen LogP contribution in [-0.2, 0) is 9.09 Å². The number of rotatable bonds is 3. The van der Waals surface area contributed by atoms with Crippen molar-refractivity contribution in [2.45, 2.75) is 24.4 Å². The largest absolute Gasteiger partial charge is 0.469 e. The topological polar surface area (TPSA) is 148 Å². The number of aliphatic hydroxyl groups is 4. The molecule has 0 spiro atoms. The van der Waals surface area contributed by atoms with Crippen molar-refractivity contribution in [3.05, 3.63) is 11.6 Å². The van der Waals surface area contributed by atoms with E-state index in [0.717, 1.165) is 6.08 Å². The molecule has 8 nitrogen and oxygen atoms in total. The molecule has 0 saturated carbocycles. The van der Waals surface area contributed by atoms with E-state index < -0.39 is 38.8 Å². The maximum Gasteiger partial charge on any atom is 0.469 e. The second kappa shape index (κ2) is 4.91. The van der Waals surface area contributed by atoms with Crippen LogP contribution in [0.3, 0.4) is 0 Å². The third-order valence-electron chi connectivity index (χ3n) is 2.19. The highest BCUT2D eigenvalue weighted by atomic mass is 31.2. The Morgan fingerprint density at radius 1 is 1.19 bits per heavy atom. The fraction of sp³-hybridized carbons (Fsp3) is 0.714. The first-order valence-corrected chi connectivity index (χ1v) is 5.88. The van der Waals surface area contributed by atoms with Crippen LogP contribution in [0, 0.1) is 0 Å². The molecule has 9 heteroatoms. The van der Waals surface area contributed by atoms with Gasteiger partial charge in [0.15, 0.2) is 0 Å². The second-order valence-corrected chi connectivity index (χ2v) is 4.66. The summed E-state index contributed by atoms with van der Waals surface area (Å²) in [6.45, 7) is -0.647. The van der Waals surface area contributed by atoms with Crippen LogP contribution in [0.2, 0.25) is 0 Å². The lowest BCUT2D eigenvalue weighted by molar-refractivity contribution is -0.0946. The van der Waals surface area contributed by atoms with Gasteiger partial charge in [-0.15, -0.1) is 0 Å². The van der Waals surface area contributed by atoms with Crippen LogP contribution < -0.4 is 0 Å². The highest BCUT2D eigenvalue weighted by molar-refractivity contribution is 7.46. The first kappa shape index (κ1) is 13.8. The third kappa shape index (κ3) is 3.34. The Bertz CT molecular complexity index is 322. The number of hydrogen-bond donors (Lipinski definition) is 6. The van der Waals surface area contributed by atoms with Gasteiger partial charge in [0.05, 0.1) is 6.61 Å². The monoisotopic (exact) mass is 256 g/mol. The Kier molecular flexibility index (Phi) is 4.22. The van der Waals surface area contributed by atoms with Gasteiger partial charge >= 0.3 is 7.82 Å². The third-order valence-corrected chi connectivity index (χ3v) is 2.65. The molecule has 0 aromatic heterocycles. The SMILES string of the molecule is O=P(O)(O)OCC1=C[C@H](O)[C@H](O)[C@@H](O)[C@@H]1O. The zero-order valence-corrected chi connectivity index (χ0v) is 8.94. The van der Waals surface area contributed by atoms with Gasteiger partial charge < -0.3 is 30.2 Å². The van der Waals surface area contributed by atoms with Crippen LogP contribution >= 0.6 is 7.82 Å². The van der Waals surface area contributed by atoms with E-state index in [1.54, 1.807) is 0 Å². The summed E-state index contributed by atoms with van der Waals surface area (Å²) in [7, 11) is -4.69. The zero-order valence-electron chi connectivity index (χ0n) is 8.04. The first-order chi connectivity index (χ1) is 7.22. The fourth-order valence-corrected chi connectivity index (χ4v) is 1.63. The van der Waals surface area contributed by atoms with Crippen molar-refractivity contribution in [3.63, 3.8) is 0 Å². The molecule has 0 amide bonds. The number of phosphoric acid groups is 1. The highest BCUT2D eigenvalue weighted by Crippen LogP contribution is 2.37. The molecule has 0 saturated heterocycles. The minimum absolute atomic E-state index is 0.103. The van der Waals surface area contributed by atoms with E-state index in [2.05, 4.69) is 4.52 Å². The Hall–Kier alpha value is -0.310. The van der Waals surface area contributed by atoms with Crippen molar-refractivity contribution >= 4 is 7.82 Å². The Morgan fingerprint density at radius 2 is 1.75 bits per heavy atom. The summed E-state index contributed by atoms with van der Waals surface area (Å²) in [5, 5.41) is 37.0. The molecular formula is C7H13O8P. The molecule has 0 heterocycles. The van der Waals surface area contributed by atoms with Crippen LogP contribution in [0.4, 0.5) is 0 Å². The summed E-state index contributed by atoms with van der Waals surface area (Å²) in [4.78, 5) is 16.8. The van der Waals surface area contributed by atoms with Crippen LogP contribution in [0.15, 0.2) is 11.6 Å². The first-order valence-electron chi connectivity index (χ1n) is 4.35. The minimum atomic E-state index is -4.69. The average molecular weight is 256 g/mol. The molecule has 0 bridgehead atoms. The molecule has 0 aromatic rings. The van der Waals surface area contributed by atoms with Crippen LogP contribution in [0.25, 0.3) is 0 Å². The van der Waals surface area contributed by atoms with E-state index in [1.807, 2.05) is 0 Å². The van der Waals surface area contributed by atoms with E-state index in [-0.39, 0.29) is 5.57 Å². The van der Waals surface area contributed by atoms with Crippen molar-refractivity contribution in [1.29, 1.82) is 0 Å². The van der Waals surface area contributed by atoms with Gasteiger partial charge in [-0.05, 0) is 11.6 Å². The van der Waals surface area contributed by atoms with Crippen molar-refractivity contribution in [3.8, 4) is 0 Å². The lowest BCUT2D eigenvalue weighted by Gasteiger charge is -2.32. The molecule has 1 aliphatic carbocycles. The fourth-order valence-electron chi connectivity index (χ4n) is 1.32. The van der Waals surface area contributed by atoms with Crippen LogP contribution in [-0.4, -0.2) is 61.2 Å². The molecule has 0 unspecified atom stereocenters. The predicted octanol–water partition coefficient (Wildman–Crippen LogP) is -2.52. The number of aliphatic hydroxyl groups excluding tert-OH is 4. The molecule has 6 N–H and O–H groups in total. The summed E-state index contributed by atoms with van der Waals surface area (Å²) < 4.78 is 14.5. The van der Waals surface area contributed by atoms with Gasteiger partial charge in [-0.2, -0.15) is 0 Å². The molecule has 16 heavy (non-hydrogen) atoms. The average Bonchev–Trinajstić information content (AvgIpc) is 2.17. The van der Waals surface area contributed by atoms with Gasteiger partial charge in [-0.25, -0.2) is 4.57 Å². The van der Waals surface area contributed by atoms with Crippen LogP contribution in [0.1, 0.15) is 0 Å². The Morgan fingerprint density at radius 3 is 2.25 bits per heavy atom. The summed E-state index contributed by atoms with van der Waals surface area (Å²) in [5.41, 5.74) is -0.103. The van der Waals surface area contributed by atoms with Crippen molar-refractivity contribution in [2.75, 3.05) is 6.61 Å². The lowest BCUT2D eigenvalue weighted by Crippen LogP contribution is -2.49. The smallest absolute Gasteiger partial charge is 0.387 e. The Balaban J connectivity index is 2.72. The summed E-state index contributed by atoms with van der Waals surface area (Å²) >= 11 is 0. The van der Waals surface area contributed by atoms with Gasteiger partial charge in [-0.1, -0.05) is 0 Å². The standard InChI is InChI=1S/C7H13O8P/c8-4-1-3(2-15-16(12,13)14)5(9)7(11)6(4)10/h1,4-11H,2H2,(H2,12,13,14)/t4-,5+,6-,7-/m0/s1. The second-order valence-electron chi connectivity index (χ2n) is 3.42. The molecule has 0 radical (unpaired) electrons. The maximum absolute atomic E-state index is 10.4. The summed E-state index contributed by atoms with van der Waals surface area (Å²) in [6.07, 6.45) is -5.15. The number of hydrogen-bond acceptors (Lipinski definition) is 6. The molecule has 1 aliphatic rings. The molecule has 94 valence electrons. The molecular weight excluding hydrogens is 243 g/mol. The van der Waals surface area contributed by atoms with E-state index in [1.165, 1.54) is 0 Å². The molecule has 0 aromatic carbocycles. The van der Waals surface area contributed by atoms with Crippen molar-refractivity contribution < 1.29 is 39.3 Å². The molecule has 4 atom stereocenters. The quantitative estimate of drug-likeness (QED) is 0.239. The van der Waals surface area contributed by atoms with E-state index in [9.17, 15) is 19.9 Å². The highest BCUT2D eigenvalue weighted by Gasteiger charge is 2.37. The van der Waals surface area contributed by atoms with Crippen molar-refractivity contribution in [2.24, 2.45) is 0 Å². The van der Waals surface area contributed by atoms with Crippen LogP contribution in [0.5, 0.6) is 0 Å². The van der Waals surface area contributed by atoms with Crippen molar-refractivity contribution in [1.82, 2.24) is 0 Å².